The van der Waals surface area contributed by atoms with Gasteiger partial charge in [-0.15, -0.1) is 0 Å². The summed E-state index contributed by atoms with van der Waals surface area (Å²) in [5.41, 5.74) is 0.760. The lowest BCUT2D eigenvalue weighted by Crippen LogP contribution is -2.21. The Balaban J connectivity index is 2.93. The number of aliphatic hydroxyl groups excluding tert-OH is 1. The first-order chi connectivity index (χ1) is 7.60. The first-order valence-corrected chi connectivity index (χ1v) is 5.73. The second kappa shape index (κ2) is 6.08. The standard InChI is InChI=1S/C11H16BrNO3/c1-13(5-6-14)7-8-9(12)3-4-10(16-2)11(8)15/h3-4,14-15H,5-7H2,1-2H3. The summed E-state index contributed by atoms with van der Waals surface area (Å²) >= 11 is 3.39. The highest BCUT2D eigenvalue weighted by molar-refractivity contribution is 9.10. The van der Waals surface area contributed by atoms with Gasteiger partial charge >= 0.3 is 0 Å². The number of rotatable bonds is 5. The molecule has 0 spiro atoms. The topological polar surface area (TPSA) is 52.9 Å². The third-order valence-corrected chi connectivity index (χ3v) is 3.06. The normalized spacial score (nSPS) is 10.8. The maximum Gasteiger partial charge on any atom is 0.163 e. The van der Waals surface area contributed by atoms with Crippen LogP contribution in [0.5, 0.6) is 11.5 Å². The van der Waals surface area contributed by atoms with Crippen LogP contribution in [0.1, 0.15) is 5.56 Å². The summed E-state index contributed by atoms with van der Waals surface area (Å²) in [4.78, 5) is 1.92. The molecule has 4 nitrogen and oxygen atoms in total. The number of halogens is 1. The van der Waals surface area contributed by atoms with Crippen LogP contribution in [-0.4, -0.2) is 42.4 Å². The molecule has 0 aromatic heterocycles. The molecule has 0 radical (unpaired) electrons. The maximum absolute atomic E-state index is 9.94. The quantitative estimate of drug-likeness (QED) is 0.864. The van der Waals surface area contributed by atoms with Crippen molar-refractivity contribution >= 4 is 15.9 Å². The van der Waals surface area contributed by atoms with E-state index in [9.17, 15) is 5.11 Å². The van der Waals surface area contributed by atoms with E-state index in [1.165, 1.54) is 7.11 Å². The zero-order valence-electron chi connectivity index (χ0n) is 9.40. The lowest BCUT2D eigenvalue weighted by Gasteiger charge is -2.18. The highest BCUT2D eigenvalue weighted by Crippen LogP contribution is 2.35. The third kappa shape index (κ3) is 3.10. The summed E-state index contributed by atoms with van der Waals surface area (Å²) in [5.74, 6) is 0.595. The molecule has 0 aliphatic rings. The van der Waals surface area contributed by atoms with Crippen LogP contribution in [0.4, 0.5) is 0 Å². The fraction of sp³-hybridized carbons (Fsp3) is 0.455. The molecule has 1 aromatic rings. The van der Waals surface area contributed by atoms with Crippen LogP contribution in [0.25, 0.3) is 0 Å². The van der Waals surface area contributed by atoms with Gasteiger partial charge in [-0.1, -0.05) is 15.9 Å². The smallest absolute Gasteiger partial charge is 0.163 e. The van der Waals surface area contributed by atoms with Crippen LogP contribution in [0.3, 0.4) is 0 Å². The largest absolute Gasteiger partial charge is 0.504 e. The average Bonchev–Trinajstić information content (AvgIpc) is 2.25. The minimum atomic E-state index is 0.0961. The molecule has 0 atom stereocenters. The van der Waals surface area contributed by atoms with Gasteiger partial charge in [0.25, 0.3) is 0 Å². The van der Waals surface area contributed by atoms with E-state index < -0.39 is 0 Å². The first kappa shape index (κ1) is 13.3. The highest BCUT2D eigenvalue weighted by Gasteiger charge is 2.13. The summed E-state index contributed by atoms with van der Waals surface area (Å²) in [6.07, 6.45) is 0. The van der Waals surface area contributed by atoms with E-state index in [1.807, 2.05) is 18.0 Å². The van der Waals surface area contributed by atoms with Crippen molar-refractivity contribution in [2.75, 3.05) is 27.3 Å². The van der Waals surface area contributed by atoms with E-state index in [0.717, 1.165) is 10.0 Å². The number of ether oxygens (including phenoxy) is 1. The molecule has 0 saturated heterocycles. The van der Waals surface area contributed by atoms with Crippen molar-refractivity contribution in [1.82, 2.24) is 4.90 Å². The van der Waals surface area contributed by atoms with Gasteiger partial charge in [-0.25, -0.2) is 0 Å². The molecule has 0 bridgehead atoms. The Hall–Kier alpha value is -0.780. The maximum atomic E-state index is 9.94. The van der Waals surface area contributed by atoms with Crippen LogP contribution in [0, 0.1) is 0 Å². The van der Waals surface area contributed by atoms with E-state index >= 15 is 0 Å². The van der Waals surface area contributed by atoms with Gasteiger partial charge in [0.05, 0.1) is 13.7 Å². The van der Waals surface area contributed by atoms with Crippen LogP contribution in [-0.2, 0) is 6.54 Å². The zero-order chi connectivity index (χ0) is 12.1. The molecular weight excluding hydrogens is 274 g/mol. The Morgan fingerprint density at radius 3 is 2.69 bits per heavy atom. The number of methoxy groups -OCH3 is 1. The molecular formula is C11H16BrNO3. The number of aromatic hydroxyl groups is 1. The molecule has 0 fully saturated rings. The fourth-order valence-corrected chi connectivity index (χ4v) is 1.87. The van der Waals surface area contributed by atoms with Crippen LogP contribution in [0.2, 0.25) is 0 Å². The van der Waals surface area contributed by atoms with Gasteiger partial charge < -0.3 is 14.9 Å². The lowest BCUT2D eigenvalue weighted by atomic mass is 10.1. The molecule has 1 rings (SSSR count). The molecule has 0 aliphatic heterocycles. The number of phenols is 1. The Morgan fingerprint density at radius 1 is 1.44 bits per heavy atom. The molecule has 2 N–H and O–H groups in total. The highest BCUT2D eigenvalue weighted by atomic mass is 79.9. The van der Waals surface area contributed by atoms with Gasteiger partial charge in [-0.05, 0) is 19.2 Å². The molecule has 5 heteroatoms. The monoisotopic (exact) mass is 289 g/mol. The van der Waals surface area contributed by atoms with Crippen LogP contribution < -0.4 is 4.74 Å². The number of hydrogen-bond acceptors (Lipinski definition) is 4. The Morgan fingerprint density at radius 2 is 2.12 bits per heavy atom. The number of likely N-dealkylation sites (N-methyl/N-ethyl adjacent to an activating group) is 1. The van der Waals surface area contributed by atoms with Crippen LogP contribution >= 0.6 is 15.9 Å². The van der Waals surface area contributed by atoms with Gasteiger partial charge in [0, 0.05) is 23.1 Å². The van der Waals surface area contributed by atoms with Crippen LogP contribution in [0.15, 0.2) is 16.6 Å². The van der Waals surface area contributed by atoms with Crippen molar-refractivity contribution in [3.63, 3.8) is 0 Å². The molecule has 0 saturated carbocycles. The minimum Gasteiger partial charge on any atom is -0.504 e. The molecule has 16 heavy (non-hydrogen) atoms. The second-order valence-corrected chi connectivity index (χ2v) is 4.39. The van der Waals surface area contributed by atoms with Crippen molar-refractivity contribution in [3.05, 3.63) is 22.2 Å². The third-order valence-electron chi connectivity index (χ3n) is 2.32. The predicted octanol–water partition coefficient (Wildman–Crippen LogP) is 1.59. The lowest BCUT2D eigenvalue weighted by molar-refractivity contribution is 0.215. The predicted molar refractivity (Wildman–Crippen MR) is 65.8 cm³/mol. The van der Waals surface area contributed by atoms with Gasteiger partial charge in [0.2, 0.25) is 0 Å². The molecule has 1 aromatic carbocycles. The van der Waals surface area contributed by atoms with E-state index in [-0.39, 0.29) is 12.4 Å². The van der Waals surface area contributed by atoms with E-state index in [4.69, 9.17) is 9.84 Å². The van der Waals surface area contributed by atoms with Crippen molar-refractivity contribution in [2.45, 2.75) is 6.54 Å². The molecule has 0 heterocycles. The van der Waals surface area contributed by atoms with Gasteiger partial charge in [0.15, 0.2) is 11.5 Å². The van der Waals surface area contributed by atoms with Crippen molar-refractivity contribution in [2.24, 2.45) is 0 Å². The number of hydrogen-bond donors (Lipinski definition) is 2. The summed E-state index contributed by atoms with van der Waals surface area (Å²) in [7, 11) is 3.39. The van der Waals surface area contributed by atoms with Gasteiger partial charge in [0.1, 0.15) is 0 Å². The number of aliphatic hydroxyl groups is 1. The summed E-state index contributed by atoms with van der Waals surface area (Å²) in [5, 5.41) is 18.8. The fourth-order valence-electron chi connectivity index (χ4n) is 1.43. The second-order valence-electron chi connectivity index (χ2n) is 3.54. The first-order valence-electron chi connectivity index (χ1n) is 4.94. The number of benzene rings is 1. The minimum absolute atomic E-state index is 0.0961. The molecule has 90 valence electrons. The van der Waals surface area contributed by atoms with Gasteiger partial charge in [-0.3, -0.25) is 4.90 Å². The number of nitrogens with zero attached hydrogens (tertiary/aromatic N) is 1. The average molecular weight is 290 g/mol. The van der Waals surface area contributed by atoms with E-state index in [2.05, 4.69) is 15.9 Å². The van der Waals surface area contributed by atoms with Crippen molar-refractivity contribution in [3.8, 4) is 11.5 Å². The zero-order valence-corrected chi connectivity index (χ0v) is 11.0. The Labute approximate surface area is 104 Å². The molecule has 0 amide bonds. The van der Waals surface area contributed by atoms with Crippen molar-refractivity contribution < 1.29 is 14.9 Å². The number of phenolic OH excluding ortho intramolecular Hbond substituents is 1. The summed E-state index contributed by atoms with van der Waals surface area (Å²) < 4.78 is 5.87. The molecule has 0 aliphatic carbocycles. The molecule has 0 unspecified atom stereocenters. The Kier molecular flexibility index (Phi) is 5.05. The Bertz CT molecular complexity index is 357. The van der Waals surface area contributed by atoms with E-state index in [1.54, 1.807) is 6.07 Å². The van der Waals surface area contributed by atoms with Gasteiger partial charge in [-0.2, -0.15) is 0 Å². The summed E-state index contributed by atoms with van der Waals surface area (Å²) in [6.45, 7) is 1.20. The van der Waals surface area contributed by atoms with Crippen molar-refractivity contribution in [1.29, 1.82) is 0 Å². The van der Waals surface area contributed by atoms with E-state index in [0.29, 0.717) is 18.8 Å². The summed E-state index contributed by atoms with van der Waals surface area (Å²) in [6, 6.07) is 3.54. The SMILES string of the molecule is COc1ccc(Br)c(CN(C)CCO)c1O.